The lowest BCUT2D eigenvalue weighted by Gasteiger charge is -2.03. The first-order valence-electron chi connectivity index (χ1n) is 5.34. The van der Waals surface area contributed by atoms with Crippen LogP contribution >= 0.6 is 0 Å². The van der Waals surface area contributed by atoms with E-state index in [0.717, 1.165) is 4.90 Å². The first kappa shape index (κ1) is 13.0. The zero-order valence-electron chi connectivity index (χ0n) is 9.85. The maximum Gasteiger partial charge on any atom is 0.288 e. The van der Waals surface area contributed by atoms with Gasteiger partial charge in [-0.15, -0.1) is 3.77 Å². The van der Waals surface area contributed by atoms with Gasteiger partial charge in [0.2, 0.25) is 0 Å². The van der Waals surface area contributed by atoms with Crippen molar-refractivity contribution in [2.45, 2.75) is 9.79 Å². The van der Waals surface area contributed by atoms with Gasteiger partial charge in [0.25, 0.3) is 10.0 Å². The van der Waals surface area contributed by atoms with Crippen molar-refractivity contribution in [2.75, 3.05) is 6.26 Å². The monoisotopic (exact) mass is 279 g/mol. The third-order valence-corrected chi connectivity index (χ3v) is 5.84. The lowest BCUT2D eigenvalue weighted by atomic mass is 10.4. The highest BCUT2D eigenvalue weighted by Crippen LogP contribution is 2.15. The number of hydrogen-bond donors (Lipinski definition) is 0. The fourth-order valence-electron chi connectivity index (χ4n) is 1.44. The Hall–Kier alpha value is -1.46. The molecule has 0 N–H and O–H groups in total. The lowest BCUT2D eigenvalue weighted by Crippen LogP contribution is -1.99. The van der Waals surface area contributed by atoms with Crippen LogP contribution in [-0.2, 0) is 20.7 Å². The van der Waals surface area contributed by atoms with E-state index in [1.165, 1.54) is 0 Å². The fraction of sp³-hybridized carbons (Fsp3) is 0.0769. The van der Waals surface area contributed by atoms with Crippen molar-refractivity contribution in [3.05, 3.63) is 60.7 Å². The second-order valence-corrected chi connectivity index (χ2v) is 7.10. The largest absolute Gasteiger partial charge is 0.288 e. The van der Waals surface area contributed by atoms with E-state index in [9.17, 15) is 8.42 Å². The van der Waals surface area contributed by atoms with Crippen LogP contribution in [0.5, 0.6) is 0 Å². The minimum Gasteiger partial charge on any atom is -0.199 e. The van der Waals surface area contributed by atoms with Crippen molar-refractivity contribution in [2.24, 2.45) is 3.77 Å². The van der Waals surface area contributed by atoms with Crippen molar-refractivity contribution in [3.8, 4) is 0 Å². The Kier molecular flexibility index (Phi) is 3.93. The van der Waals surface area contributed by atoms with E-state index in [1.54, 1.807) is 36.6 Å². The Bertz CT molecular complexity index is 650. The van der Waals surface area contributed by atoms with Crippen LogP contribution in [0.3, 0.4) is 0 Å². The summed E-state index contributed by atoms with van der Waals surface area (Å²) in [5, 5.41) is 0. The highest BCUT2D eigenvalue weighted by Gasteiger charge is 2.12. The topological polar surface area (TPSA) is 46.5 Å². The molecule has 2 aromatic rings. The molecule has 2 rings (SSSR count). The summed E-state index contributed by atoms with van der Waals surface area (Å²) in [7, 11) is -4.24. The summed E-state index contributed by atoms with van der Waals surface area (Å²) in [4.78, 5) is 1.15. The Morgan fingerprint density at radius 1 is 0.889 bits per heavy atom. The van der Waals surface area contributed by atoms with Gasteiger partial charge >= 0.3 is 0 Å². The average molecular weight is 279 g/mol. The van der Waals surface area contributed by atoms with Gasteiger partial charge < -0.3 is 0 Å². The van der Waals surface area contributed by atoms with Crippen LogP contribution in [0, 0.1) is 0 Å². The summed E-state index contributed by atoms with van der Waals surface area (Å²) in [5.74, 6) is 0. The van der Waals surface area contributed by atoms with Crippen molar-refractivity contribution >= 4 is 20.7 Å². The Labute approximate surface area is 110 Å². The third kappa shape index (κ3) is 3.05. The molecule has 0 amide bonds. The van der Waals surface area contributed by atoms with Crippen LogP contribution in [0.1, 0.15) is 0 Å². The molecule has 0 saturated heterocycles. The summed E-state index contributed by atoms with van der Waals surface area (Å²) < 4.78 is 28.1. The lowest BCUT2D eigenvalue weighted by molar-refractivity contribution is 0.598. The molecule has 18 heavy (non-hydrogen) atoms. The van der Waals surface area contributed by atoms with Gasteiger partial charge in [0.1, 0.15) is 0 Å². The number of benzene rings is 2. The first-order chi connectivity index (χ1) is 8.59. The van der Waals surface area contributed by atoms with Crippen LogP contribution in [0.2, 0.25) is 0 Å². The fourth-order valence-corrected chi connectivity index (χ4v) is 4.36. The van der Waals surface area contributed by atoms with E-state index in [2.05, 4.69) is 3.77 Å². The molecule has 1 atom stereocenters. The molecule has 0 aliphatic heterocycles. The molecule has 94 valence electrons. The van der Waals surface area contributed by atoms with Crippen LogP contribution in [0.4, 0.5) is 0 Å². The minimum atomic E-state index is -3.57. The molecular weight excluding hydrogens is 266 g/mol. The van der Waals surface area contributed by atoms with E-state index in [-0.39, 0.29) is 4.90 Å². The van der Waals surface area contributed by atoms with Crippen LogP contribution in [-0.4, -0.2) is 14.7 Å². The van der Waals surface area contributed by atoms with Gasteiger partial charge in [0.15, 0.2) is 0 Å². The van der Waals surface area contributed by atoms with Gasteiger partial charge in [-0.25, -0.2) is 0 Å². The second-order valence-electron chi connectivity index (χ2n) is 3.65. The molecule has 0 bridgehead atoms. The highest BCUT2D eigenvalue weighted by molar-refractivity contribution is 7.99. The van der Waals surface area contributed by atoms with Crippen LogP contribution < -0.4 is 0 Å². The van der Waals surface area contributed by atoms with Gasteiger partial charge in [0.05, 0.1) is 4.90 Å². The standard InChI is InChI=1S/C13H13NO2S2/c1-17(12-8-4-2-5-9-12)14-18(15,16)13-10-6-3-7-11-13/h2-11H,1H3/t17-/m0/s1. The molecule has 3 nitrogen and oxygen atoms in total. The molecule has 0 unspecified atom stereocenters. The molecule has 0 saturated carbocycles. The first-order valence-corrected chi connectivity index (χ1v) is 8.37. The molecule has 5 heteroatoms. The molecule has 0 radical (unpaired) electrons. The summed E-state index contributed by atoms with van der Waals surface area (Å²) >= 11 is 0. The molecule has 2 aromatic carbocycles. The van der Waals surface area contributed by atoms with E-state index in [0.29, 0.717) is 0 Å². The minimum absolute atomic E-state index is 0.236. The third-order valence-electron chi connectivity index (χ3n) is 2.34. The van der Waals surface area contributed by atoms with E-state index < -0.39 is 20.7 Å². The highest BCUT2D eigenvalue weighted by atomic mass is 32.3. The van der Waals surface area contributed by atoms with E-state index >= 15 is 0 Å². The van der Waals surface area contributed by atoms with Crippen molar-refractivity contribution in [1.82, 2.24) is 0 Å². The zero-order valence-corrected chi connectivity index (χ0v) is 11.5. The van der Waals surface area contributed by atoms with Gasteiger partial charge in [-0.3, -0.25) is 0 Å². The molecule has 0 aliphatic carbocycles. The summed E-state index contributed by atoms with van der Waals surface area (Å²) in [6, 6.07) is 17.7. The number of nitrogens with zero attached hydrogens (tertiary/aromatic N) is 1. The predicted octanol–water partition coefficient (Wildman–Crippen LogP) is 2.87. The summed E-state index contributed by atoms with van der Waals surface area (Å²) in [6.07, 6.45) is 1.80. The normalized spacial score (nSPS) is 13.4. The number of rotatable bonds is 3. The summed E-state index contributed by atoms with van der Waals surface area (Å²) in [6.45, 7) is 0. The maximum absolute atomic E-state index is 12.1. The SMILES string of the molecule is C[S@](=NS(=O)(=O)c1ccccc1)c1ccccc1. The van der Waals surface area contributed by atoms with E-state index in [1.807, 2.05) is 30.3 Å². The van der Waals surface area contributed by atoms with Crippen molar-refractivity contribution in [1.29, 1.82) is 0 Å². The van der Waals surface area contributed by atoms with E-state index in [4.69, 9.17) is 0 Å². The quantitative estimate of drug-likeness (QED) is 0.867. The van der Waals surface area contributed by atoms with Gasteiger partial charge in [-0.1, -0.05) is 47.1 Å². The molecular formula is C13H13NO2S2. The Morgan fingerprint density at radius 2 is 1.39 bits per heavy atom. The van der Waals surface area contributed by atoms with Crippen LogP contribution in [0.25, 0.3) is 0 Å². The van der Waals surface area contributed by atoms with Crippen molar-refractivity contribution < 1.29 is 8.42 Å². The maximum atomic E-state index is 12.1. The smallest absolute Gasteiger partial charge is 0.199 e. The van der Waals surface area contributed by atoms with Gasteiger partial charge in [-0.05, 0) is 30.5 Å². The Balaban J connectivity index is 2.39. The predicted molar refractivity (Wildman–Crippen MR) is 74.1 cm³/mol. The number of sulfonamides is 1. The molecule has 0 aliphatic rings. The Morgan fingerprint density at radius 3 is 1.94 bits per heavy atom. The second kappa shape index (κ2) is 5.46. The van der Waals surface area contributed by atoms with Gasteiger partial charge in [0, 0.05) is 4.90 Å². The summed E-state index contributed by atoms with van der Waals surface area (Å²) in [5.41, 5.74) is 0. The van der Waals surface area contributed by atoms with Gasteiger partial charge in [-0.2, -0.15) is 8.42 Å². The molecule has 0 aromatic heterocycles. The molecule has 0 heterocycles. The average Bonchev–Trinajstić information content (AvgIpc) is 2.40. The van der Waals surface area contributed by atoms with Crippen molar-refractivity contribution in [3.63, 3.8) is 0 Å². The zero-order chi connectivity index (χ0) is 13.0. The molecule has 0 spiro atoms. The van der Waals surface area contributed by atoms with Crippen LogP contribution in [0.15, 0.2) is 74.2 Å². The number of hydrogen-bond acceptors (Lipinski definition) is 2. The molecule has 0 fully saturated rings.